The van der Waals surface area contributed by atoms with Gasteiger partial charge in [0.25, 0.3) is 0 Å². The molecule has 5 nitrogen and oxygen atoms in total. The van der Waals surface area contributed by atoms with Gasteiger partial charge in [-0.15, -0.1) is 5.48 Å². The fraction of sp³-hybridized carbons (Fsp3) is 0.231. The third kappa shape index (κ3) is 4.39. The van der Waals surface area contributed by atoms with Gasteiger partial charge in [0, 0.05) is 12.5 Å². The zero-order chi connectivity index (χ0) is 13.4. The normalized spacial score (nSPS) is 11.4. The third-order valence-corrected chi connectivity index (χ3v) is 2.24. The monoisotopic (exact) mass is 249 g/mol. The number of rotatable bonds is 6. The number of carbonyl (C=O) groups excluding carboxylic acids is 2. The van der Waals surface area contributed by atoms with Crippen molar-refractivity contribution in [1.29, 1.82) is 0 Å². The SMILES string of the molecule is C=CC(=O)ONC(Cc1ccccc1)C(=O)OC. The van der Waals surface area contributed by atoms with Gasteiger partial charge in [-0.05, 0) is 5.56 Å². The lowest BCUT2D eigenvalue weighted by Crippen LogP contribution is -2.40. The van der Waals surface area contributed by atoms with E-state index in [-0.39, 0.29) is 0 Å². The van der Waals surface area contributed by atoms with Gasteiger partial charge >= 0.3 is 11.9 Å². The lowest BCUT2D eigenvalue weighted by Gasteiger charge is -2.15. The van der Waals surface area contributed by atoms with Gasteiger partial charge in [0.15, 0.2) is 0 Å². The third-order valence-electron chi connectivity index (χ3n) is 2.24. The molecule has 0 bridgehead atoms. The highest BCUT2D eigenvalue weighted by molar-refractivity contribution is 5.81. The van der Waals surface area contributed by atoms with Gasteiger partial charge in [-0.2, -0.15) is 0 Å². The van der Waals surface area contributed by atoms with Crippen molar-refractivity contribution < 1.29 is 19.2 Å². The van der Waals surface area contributed by atoms with Gasteiger partial charge in [0.1, 0.15) is 6.04 Å². The van der Waals surface area contributed by atoms with E-state index in [0.29, 0.717) is 6.42 Å². The maximum Gasteiger partial charge on any atom is 0.348 e. The zero-order valence-electron chi connectivity index (χ0n) is 10.1. The standard InChI is InChI=1S/C13H15NO4/c1-3-12(15)18-14-11(13(16)17-2)9-10-7-5-4-6-8-10/h3-8,11,14H,1,9H2,2H3. The molecular weight excluding hydrogens is 234 g/mol. The summed E-state index contributed by atoms with van der Waals surface area (Å²) < 4.78 is 4.63. The Morgan fingerprint density at radius 2 is 2.06 bits per heavy atom. The van der Waals surface area contributed by atoms with Crippen LogP contribution in [0.5, 0.6) is 0 Å². The maximum absolute atomic E-state index is 11.5. The Morgan fingerprint density at radius 3 is 2.61 bits per heavy atom. The van der Waals surface area contributed by atoms with Crippen LogP contribution in [0.4, 0.5) is 0 Å². The quantitative estimate of drug-likeness (QED) is 0.463. The molecule has 1 rings (SSSR count). The van der Waals surface area contributed by atoms with Crippen molar-refractivity contribution in [2.24, 2.45) is 0 Å². The molecule has 0 aliphatic heterocycles. The van der Waals surface area contributed by atoms with Crippen LogP contribution in [0.25, 0.3) is 0 Å². The second-order valence-electron chi connectivity index (χ2n) is 3.51. The molecule has 0 aromatic heterocycles. The van der Waals surface area contributed by atoms with Crippen LogP contribution in [-0.4, -0.2) is 25.1 Å². The first-order valence-electron chi connectivity index (χ1n) is 5.38. The van der Waals surface area contributed by atoms with Crippen LogP contribution in [0.3, 0.4) is 0 Å². The van der Waals surface area contributed by atoms with Crippen LogP contribution in [0.1, 0.15) is 5.56 Å². The Bertz CT molecular complexity index is 416. The molecule has 0 spiro atoms. The minimum absolute atomic E-state index is 0.359. The first-order chi connectivity index (χ1) is 8.67. The molecule has 0 saturated carbocycles. The number of hydrogen-bond acceptors (Lipinski definition) is 5. The zero-order valence-corrected chi connectivity index (χ0v) is 10.1. The molecule has 18 heavy (non-hydrogen) atoms. The Morgan fingerprint density at radius 1 is 1.39 bits per heavy atom. The summed E-state index contributed by atoms with van der Waals surface area (Å²) in [5.41, 5.74) is 3.30. The smallest absolute Gasteiger partial charge is 0.348 e. The fourth-order valence-electron chi connectivity index (χ4n) is 1.34. The van der Waals surface area contributed by atoms with Crippen molar-refractivity contribution in [2.75, 3.05) is 7.11 Å². The van der Waals surface area contributed by atoms with Gasteiger partial charge in [-0.1, -0.05) is 36.9 Å². The Hall–Kier alpha value is -2.14. The summed E-state index contributed by atoms with van der Waals surface area (Å²) in [5.74, 6) is -1.16. The molecule has 0 amide bonds. The minimum Gasteiger partial charge on any atom is -0.468 e. The number of methoxy groups -OCH3 is 1. The second kappa shape index (κ2) is 7.24. The molecule has 0 saturated heterocycles. The van der Waals surface area contributed by atoms with Crippen LogP contribution in [0, 0.1) is 0 Å². The molecule has 0 radical (unpaired) electrons. The fourth-order valence-corrected chi connectivity index (χ4v) is 1.34. The maximum atomic E-state index is 11.5. The number of benzene rings is 1. The molecule has 0 aliphatic carbocycles. The Kier molecular flexibility index (Phi) is 5.60. The van der Waals surface area contributed by atoms with E-state index in [2.05, 4.69) is 21.6 Å². The topological polar surface area (TPSA) is 64.6 Å². The van der Waals surface area contributed by atoms with Crippen LogP contribution in [0.15, 0.2) is 43.0 Å². The van der Waals surface area contributed by atoms with E-state index < -0.39 is 18.0 Å². The van der Waals surface area contributed by atoms with Gasteiger partial charge in [0.2, 0.25) is 0 Å². The first-order valence-corrected chi connectivity index (χ1v) is 5.38. The van der Waals surface area contributed by atoms with Crippen molar-refractivity contribution in [1.82, 2.24) is 5.48 Å². The summed E-state index contributed by atoms with van der Waals surface area (Å²) in [6, 6.07) is 8.59. The molecule has 1 aromatic rings. The molecule has 1 unspecified atom stereocenters. The van der Waals surface area contributed by atoms with Crippen molar-refractivity contribution in [3.8, 4) is 0 Å². The summed E-state index contributed by atoms with van der Waals surface area (Å²) in [4.78, 5) is 27.1. The highest BCUT2D eigenvalue weighted by Gasteiger charge is 2.20. The highest BCUT2D eigenvalue weighted by Crippen LogP contribution is 2.04. The summed E-state index contributed by atoms with van der Waals surface area (Å²) in [7, 11) is 1.28. The van der Waals surface area contributed by atoms with E-state index in [4.69, 9.17) is 0 Å². The van der Waals surface area contributed by atoms with Crippen LogP contribution in [0.2, 0.25) is 0 Å². The first kappa shape index (κ1) is 13.9. The second-order valence-corrected chi connectivity index (χ2v) is 3.51. The summed E-state index contributed by atoms with van der Waals surface area (Å²) in [6.07, 6.45) is 1.36. The number of nitrogens with one attached hydrogen (secondary N) is 1. The predicted molar refractivity (Wildman–Crippen MR) is 65.4 cm³/mol. The molecule has 0 fully saturated rings. The number of hydroxylamine groups is 1. The van der Waals surface area contributed by atoms with Crippen molar-refractivity contribution in [3.63, 3.8) is 0 Å². The van der Waals surface area contributed by atoms with E-state index >= 15 is 0 Å². The van der Waals surface area contributed by atoms with E-state index in [9.17, 15) is 9.59 Å². The lowest BCUT2D eigenvalue weighted by molar-refractivity contribution is -0.155. The number of carbonyl (C=O) groups is 2. The average molecular weight is 249 g/mol. The van der Waals surface area contributed by atoms with Gasteiger partial charge < -0.3 is 9.57 Å². The van der Waals surface area contributed by atoms with E-state index in [0.717, 1.165) is 11.6 Å². The van der Waals surface area contributed by atoms with Crippen molar-refractivity contribution in [3.05, 3.63) is 48.6 Å². The highest BCUT2D eigenvalue weighted by atomic mass is 16.7. The molecule has 0 aliphatic rings. The summed E-state index contributed by atoms with van der Waals surface area (Å²) in [6.45, 7) is 3.26. The van der Waals surface area contributed by atoms with E-state index in [1.807, 2.05) is 30.3 Å². The van der Waals surface area contributed by atoms with Crippen molar-refractivity contribution in [2.45, 2.75) is 12.5 Å². The van der Waals surface area contributed by atoms with Crippen LogP contribution < -0.4 is 5.48 Å². The molecule has 96 valence electrons. The Balaban J connectivity index is 2.64. The summed E-state index contributed by atoms with van der Waals surface area (Å²) >= 11 is 0. The van der Waals surface area contributed by atoms with E-state index in [1.54, 1.807) is 0 Å². The molecule has 0 heterocycles. The number of hydrogen-bond donors (Lipinski definition) is 1. The Labute approximate surface area is 105 Å². The van der Waals surface area contributed by atoms with Gasteiger partial charge in [-0.3, -0.25) is 4.79 Å². The van der Waals surface area contributed by atoms with Crippen LogP contribution >= 0.6 is 0 Å². The number of ether oxygens (including phenoxy) is 1. The van der Waals surface area contributed by atoms with Crippen LogP contribution in [-0.2, 0) is 25.6 Å². The average Bonchev–Trinajstić information content (AvgIpc) is 2.43. The molecule has 1 aromatic carbocycles. The number of esters is 1. The lowest BCUT2D eigenvalue weighted by atomic mass is 10.1. The largest absolute Gasteiger partial charge is 0.468 e. The molecular formula is C13H15NO4. The van der Waals surface area contributed by atoms with Gasteiger partial charge in [0.05, 0.1) is 7.11 Å². The predicted octanol–water partition coefficient (Wildman–Crippen LogP) is 1.00. The molecule has 1 N–H and O–H groups in total. The minimum atomic E-state index is -0.749. The van der Waals surface area contributed by atoms with Gasteiger partial charge in [-0.25, -0.2) is 4.79 Å². The molecule has 5 heteroatoms. The van der Waals surface area contributed by atoms with Crippen molar-refractivity contribution >= 4 is 11.9 Å². The van der Waals surface area contributed by atoms with E-state index in [1.165, 1.54) is 7.11 Å². The molecule has 1 atom stereocenters. The summed E-state index contributed by atoms with van der Waals surface area (Å²) in [5, 5.41) is 0.